The number of rotatable bonds is 2. The Hall–Kier alpha value is -1.82. The highest BCUT2D eigenvalue weighted by atomic mass is 127. The van der Waals surface area contributed by atoms with Crippen molar-refractivity contribution in [3.8, 4) is 23.1 Å². The van der Waals surface area contributed by atoms with E-state index in [0.717, 1.165) is 41.5 Å². The van der Waals surface area contributed by atoms with Gasteiger partial charge in [0.1, 0.15) is 23.1 Å². The third-order valence-corrected chi connectivity index (χ3v) is 6.13. The van der Waals surface area contributed by atoms with Crippen LogP contribution in [0.15, 0.2) is 12.3 Å². The van der Waals surface area contributed by atoms with Crippen LogP contribution in [-0.2, 0) is 7.05 Å². The first kappa shape index (κ1) is 15.4. The third-order valence-electron chi connectivity index (χ3n) is 5.34. The SMILES string of the molecule is Cn1ncc(I)c1-c1c(F)cc2c(c1C#N)OC1(CC1)CN2C1CC1. The molecule has 2 fully saturated rings. The largest absolute Gasteiger partial charge is 0.482 e. The standard InChI is InChI=1S/C18H16FIN4O/c1-23-16(13(20)8-22-23)15-11(7-21)17-14(6-12(15)19)24(10-2-3-10)9-18(25-17)4-5-18/h6,8,10H,2-5,9H2,1H3. The monoisotopic (exact) mass is 450 g/mol. The molecule has 1 spiro atoms. The van der Waals surface area contributed by atoms with Gasteiger partial charge in [-0.2, -0.15) is 10.4 Å². The number of aryl methyl sites for hydroxylation is 1. The number of benzene rings is 1. The smallest absolute Gasteiger partial charge is 0.162 e. The number of nitriles is 1. The molecular weight excluding hydrogens is 434 g/mol. The fourth-order valence-electron chi connectivity index (χ4n) is 3.72. The van der Waals surface area contributed by atoms with E-state index < -0.39 is 5.82 Å². The molecule has 2 saturated carbocycles. The Kier molecular flexibility index (Phi) is 3.15. The van der Waals surface area contributed by atoms with Gasteiger partial charge >= 0.3 is 0 Å². The van der Waals surface area contributed by atoms with Gasteiger partial charge in [-0.1, -0.05) is 0 Å². The fourth-order valence-corrected chi connectivity index (χ4v) is 4.46. The van der Waals surface area contributed by atoms with Crippen LogP contribution in [0.2, 0.25) is 0 Å². The van der Waals surface area contributed by atoms with Gasteiger partial charge < -0.3 is 9.64 Å². The van der Waals surface area contributed by atoms with Crippen LogP contribution >= 0.6 is 22.6 Å². The summed E-state index contributed by atoms with van der Waals surface area (Å²) >= 11 is 2.12. The predicted molar refractivity (Wildman–Crippen MR) is 99.0 cm³/mol. The van der Waals surface area contributed by atoms with Crippen molar-refractivity contribution in [2.75, 3.05) is 11.4 Å². The minimum atomic E-state index is -0.391. The summed E-state index contributed by atoms with van der Waals surface area (Å²) in [6.07, 6.45) is 5.92. The zero-order valence-electron chi connectivity index (χ0n) is 13.7. The van der Waals surface area contributed by atoms with Gasteiger partial charge in [0.05, 0.1) is 33.3 Å². The maximum Gasteiger partial charge on any atom is 0.162 e. The van der Waals surface area contributed by atoms with Crippen molar-refractivity contribution in [2.45, 2.75) is 37.3 Å². The minimum Gasteiger partial charge on any atom is -0.482 e. The van der Waals surface area contributed by atoms with E-state index in [-0.39, 0.29) is 11.2 Å². The Morgan fingerprint density at radius 3 is 2.76 bits per heavy atom. The van der Waals surface area contributed by atoms with Crippen LogP contribution in [0, 0.1) is 20.7 Å². The zero-order chi connectivity index (χ0) is 17.3. The summed E-state index contributed by atoms with van der Waals surface area (Å²) in [5.74, 6) is 0.157. The molecule has 7 heteroatoms. The van der Waals surface area contributed by atoms with Crippen LogP contribution in [-0.4, -0.2) is 28.0 Å². The molecule has 2 heterocycles. The quantitative estimate of drug-likeness (QED) is 0.657. The van der Waals surface area contributed by atoms with E-state index in [0.29, 0.717) is 23.0 Å². The number of hydrogen-bond donors (Lipinski definition) is 0. The number of fused-ring (bicyclic) bond motifs is 1. The van der Waals surface area contributed by atoms with Gasteiger partial charge in [-0.3, -0.25) is 4.68 Å². The lowest BCUT2D eigenvalue weighted by molar-refractivity contribution is 0.170. The van der Waals surface area contributed by atoms with Crippen molar-refractivity contribution >= 4 is 28.3 Å². The van der Waals surface area contributed by atoms with Crippen molar-refractivity contribution in [2.24, 2.45) is 7.05 Å². The van der Waals surface area contributed by atoms with Crippen molar-refractivity contribution in [3.05, 3.63) is 27.2 Å². The molecule has 0 bridgehead atoms. The van der Waals surface area contributed by atoms with Crippen LogP contribution in [0.5, 0.6) is 5.75 Å². The Morgan fingerprint density at radius 1 is 1.44 bits per heavy atom. The number of nitrogens with zero attached hydrogens (tertiary/aromatic N) is 4. The second-order valence-electron chi connectivity index (χ2n) is 7.18. The number of anilines is 1. The van der Waals surface area contributed by atoms with Gasteiger partial charge in [-0.15, -0.1) is 0 Å². The predicted octanol–water partition coefficient (Wildman–Crippen LogP) is 3.60. The summed E-state index contributed by atoms with van der Waals surface area (Å²) in [6, 6.07) is 4.21. The molecular formula is C18H16FIN4O. The molecule has 1 aliphatic heterocycles. The van der Waals surface area contributed by atoms with Gasteiger partial charge in [0.25, 0.3) is 0 Å². The topological polar surface area (TPSA) is 54.1 Å². The van der Waals surface area contributed by atoms with Crippen molar-refractivity contribution in [3.63, 3.8) is 0 Å². The van der Waals surface area contributed by atoms with E-state index >= 15 is 4.39 Å². The molecule has 2 aliphatic carbocycles. The van der Waals surface area contributed by atoms with Crippen LogP contribution in [0.1, 0.15) is 31.2 Å². The van der Waals surface area contributed by atoms with Crippen molar-refractivity contribution < 1.29 is 9.13 Å². The highest BCUT2D eigenvalue weighted by Crippen LogP contribution is 2.54. The number of hydrogen-bond acceptors (Lipinski definition) is 4. The average molecular weight is 450 g/mol. The third kappa shape index (κ3) is 2.26. The van der Waals surface area contributed by atoms with Crippen molar-refractivity contribution in [1.82, 2.24) is 9.78 Å². The van der Waals surface area contributed by atoms with Crippen molar-refractivity contribution in [1.29, 1.82) is 5.26 Å². The van der Waals surface area contributed by atoms with Gasteiger partial charge in [0.2, 0.25) is 0 Å². The van der Waals surface area contributed by atoms with Gasteiger partial charge in [-0.25, -0.2) is 4.39 Å². The maximum atomic E-state index is 15.1. The summed E-state index contributed by atoms with van der Waals surface area (Å²) in [7, 11) is 1.76. The first-order chi connectivity index (χ1) is 12.0. The average Bonchev–Trinajstić information content (AvgIpc) is 3.50. The molecule has 0 N–H and O–H groups in total. The van der Waals surface area contributed by atoms with Gasteiger partial charge in [-0.05, 0) is 48.3 Å². The lowest BCUT2D eigenvalue weighted by atomic mass is 9.99. The highest BCUT2D eigenvalue weighted by molar-refractivity contribution is 14.1. The number of ether oxygens (including phenoxy) is 1. The first-order valence-electron chi connectivity index (χ1n) is 8.43. The van der Waals surface area contributed by atoms with E-state index in [2.05, 4.69) is 38.7 Å². The fraction of sp³-hybridized carbons (Fsp3) is 0.444. The normalized spacial score (nSPS) is 20.2. The minimum absolute atomic E-state index is 0.185. The lowest BCUT2D eigenvalue weighted by Crippen LogP contribution is -2.43. The Bertz CT molecular complexity index is 920. The second-order valence-corrected chi connectivity index (χ2v) is 8.34. The molecule has 2 aromatic rings. The van der Waals surface area contributed by atoms with Crippen LogP contribution in [0.25, 0.3) is 11.3 Å². The molecule has 3 aliphatic rings. The van der Waals surface area contributed by atoms with Crippen LogP contribution < -0.4 is 9.64 Å². The van der Waals surface area contributed by atoms with E-state index in [1.165, 1.54) is 0 Å². The molecule has 128 valence electrons. The summed E-state index contributed by atoms with van der Waals surface area (Å²) in [5, 5.41) is 14.1. The molecule has 0 atom stereocenters. The second kappa shape index (κ2) is 5.10. The molecule has 25 heavy (non-hydrogen) atoms. The van der Waals surface area contributed by atoms with E-state index in [1.54, 1.807) is 24.0 Å². The van der Waals surface area contributed by atoms with Crippen LogP contribution in [0.4, 0.5) is 10.1 Å². The molecule has 0 amide bonds. The lowest BCUT2D eigenvalue weighted by Gasteiger charge is -2.38. The van der Waals surface area contributed by atoms with Crippen LogP contribution in [0.3, 0.4) is 0 Å². The number of aromatic nitrogens is 2. The summed E-state index contributed by atoms with van der Waals surface area (Å²) < 4.78 is 23.8. The summed E-state index contributed by atoms with van der Waals surface area (Å²) in [6.45, 7) is 0.803. The Balaban J connectivity index is 1.77. The first-order valence-corrected chi connectivity index (χ1v) is 9.51. The molecule has 5 rings (SSSR count). The highest BCUT2D eigenvalue weighted by Gasteiger charge is 2.53. The molecule has 0 saturated heterocycles. The molecule has 1 aromatic heterocycles. The maximum absolute atomic E-state index is 15.1. The summed E-state index contributed by atoms with van der Waals surface area (Å²) in [4.78, 5) is 2.26. The van der Waals surface area contributed by atoms with Gasteiger partial charge in [0, 0.05) is 19.2 Å². The molecule has 1 aromatic carbocycles. The Morgan fingerprint density at radius 2 is 2.20 bits per heavy atom. The number of halogens is 2. The summed E-state index contributed by atoms with van der Waals surface area (Å²) in [5.41, 5.74) is 1.74. The van der Waals surface area contributed by atoms with E-state index in [4.69, 9.17) is 4.74 Å². The van der Waals surface area contributed by atoms with Gasteiger partial charge in [0.15, 0.2) is 5.75 Å². The molecule has 0 radical (unpaired) electrons. The van der Waals surface area contributed by atoms with E-state index in [1.807, 2.05) is 0 Å². The van der Waals surface area contributed by atoms with E-state index in [9.17, 15) is 5.26 Å². The zero-order valence-corrected chi connectivity index (χ0v) is 15.9. The molecule has 0 unspecified atom stereocenters. The molecule has 5 nitrogen and oxygen atoms in total. The Labute approximate surface area is 158 Å².